The fourth-order valence-corrected chi connectivity index (χ4v) is 4.05. The minimum atomic E-state index is -3.37. The third-order valence-electron chi connectivity index (χ3n) is 4.62. The summed E-state index contributed by atoms with van der Waals surface area (Å²) >= 11 is 0. The molecule has 1 aromatic carbocycles. The molecule has 2 saturated carbocycles. The quantitative estimate of drug-likeness (QED) is 0.803. The number of benzene rings is 1. The minimum Gasteiger partial charge on any atom is -0.330 e. The normalized spacial score (nSPS) is 20.9. The largest absolute Gasteiger partial charge is 0.330 e. The van der Waals surface area contributed by atoms with Crippen molar-refractivity contribution >= 4 is 10.0 Å². The molecule has 0 heterocycles. The number of rotatable bonds is 7. The van der Waals surface area contributed by atoms with Gasteiger partial charge in [-0.15, -0.1) is 0 Å². The van der Waals surface area contributed by atoms with E-state index in [9.17, 15) is 8.42 Å². The van der Waals surface area contributed by atoms with Gasteiger partial charge in [0.15, 0.2) is 0 Å². The molecule has 0 aliphatic heterocycles. The number of nitrogens with one attached hydrogen (secondary N) is 1. The van der Waals surface area contributed by atoms with Crippen molar-refractivity contribution in [2.45, 2.75) is 37.0 Å². The first-order valence-electron chi connectivity index (χ1n) is 7.34. The van der Waals surface area contributed by atoms with Gasteiger partial charge in [-0.3, -0.25) is 0 Å². The lowest BCUT2D eigenvalue weighted by atomic mass is 10.0. The highest BCUT2D eigenvalue weighted by Crippen LogP contribution is 2.60. The third-order valence-corrected chi connectivity index (χ3v) is 6.03. The van der Waals surface area contributed by atoms with E-state index in [0.29, 0.717) is 18.0 Å². The second kappa shape index (κ2) is 5.13. The summed E-state index contributed by atoms with van der Waals surface area (Å²) in [4.78, 5) is 0.352. The maximum Gasteiger partial charge on any atom is 0.240 e. The second-order valence-corrected chi connectivity index (χ2v) is 7.91. The van der Waals surface area contributed by atoms with E-state index in [1.165, 1.54) is 25.7 Å². The molecule has 4 nitrogen and oxygen atoms in total. The molecule has 5 heteroatoms. The van der Waals surface area contributed by atoms with Crippen molar-refractivity contribution < 1.29 is 8.42 Å². The number of hydrogen-bond donors (Lipinski definition) is 2. The Morgan fingerprint density at radius 2 is 1.85 bits per heavy atom. The van der Waals surface area contributed by atoms with Crippen molar-refractivity contribution in [1.29, 1.82) is 0 Å². The molecule has 1 aromatic rings. The molecule has 0 bridgehead atoms. The molecule has 2 aliphatic rings. The van der Waals surface area contributed by atoms with Gasteiger partial charge in [-0.1, -0.05) is 12.1 Å². The van der Waals surface area contributed by atoms with Crippen LogP contribution in [0.5, 0.6) is 0 Å². The monoisotopic (exact) mass is 294 g/mol. The molecular weight excluding hydrogens is 272 g/mol. The van der Waals surface area contributed by atoms with Crippen molar-refractivity contribution in [3.8, 4) is 0 Å². The standard InChI is InChI=1S/C15H22N2O2S/c16-10-7-12-1-5-14(6-2-12)20(18,19)17-11-15(8-9-15)13-3-4-13/h1-2,5-6,13,17H,3-4,7-11,16H2. The van der Waals surface area contributed by atoms with Crippen LogP contribution in [0.25, 0.3) is 0 Å². The fraction of sp³-hybridized carbons (Fsp3) is 0.600. The van der Waals surface area contributed by atoms with E-state index in [2.05, 4.69) is 4.72 Å². The Morgan fingerprint density at radius 3 is 2.35 bits per heavy atom. The molecule has 2 fully saturated rings. The molecule has 0 amide bonds. The summed E-state index contributed by atoms with van der Waals surface area (Å²) in [6, 6.07) is 7.03. The maximum atomic E-state index is 12.3. The summed E-state index contributed by atoms with van der Waals surface area (Å²) in [6.07, 6.45) is 5.68. The van der Waals surface area contributed by atoms with E-state index in [1.54, 1.807) is 12.1 Å². The van der Waals surface area contributed by atoms with Crippen LogP contribution >= 0.6 is 0 Å². The first kappa shape index (κ1) is 14.0. The molecule has 2 aliphatic carbocycles. The number of hydrogen-bond acceptors (Lipinski definition) is 3. The lowest BCUT2D eigenvalue weighted by Gasteiger charge is -2.15. The number of sulfonamides is 1. The van der Waals surface area contributed by atoms with Gasteiger partial charge in [-0.05, 0) is 67.7 Å². The van der Waals surface area contributed by atoms with E-state index in [1.807, 2.05) is 12.1 Å². The van der Waals surface area contributed by atoms with Gasteiger partial charge in [-0.2, -0.15) is 0 Å². The topological polar surface area (TPSA) is 72.2 Å². The van der Waals surface area contributed by atoms with Crippen LogP contribution in [0.4, 0.5) is 0 Å². The highest BCUT2D eigenvalue weighted by Gasteiger charge is 2.53. The predicted octanol–water partition coefficient (Wildman–Crippen LogP) is 1.66. The van der Waals surface area contributed by atoms with Crippen LogP contribution in [0.1, 0.15) is 31.2 Å². The lowest BCUT2D eigenvalue weighted by Crippen LogP contribution is -2.31. The van der Waals surface area contributed by atoms with Crippen molar-refractivity contribution in [3.05, 3.63) is 29.8 Å². The van der Waals surface area contributed by atoms with Crippen LogP contribution in [0.15, 0.2) is 29.2 Å². The van der Waals surface area contributed by atoms with Gasteiger partial charge < -0.3 is 5.73 Å². The van der Waals surface area contributed by atoms with Gasteiger partial charge in [0.2, 0.25) is 10.0 Å². The molecule has 0 spiro atoms. The van der Waals surface area contributed by atoms with Crippen LogP contribution in [0, 0.1) is 11.3 Å². The molecule has 3 N–H and O–H groups in total. The van der Waals surface area contributed by atoms with E-state index in [4.69, 9.17) is 5.73 Å². The maximum absolute atomic E-state index is 12.3. The summed E-state index contributed by atoms with van der Waals surface area (Å²) < 4.78 is 27.4. The van der Waals surface area contributed by atoms with Gasteiger partial charge >= 0.3 is 0 Å². The zero-order valence-electron chi connectivity index (χ0n) is 11.6. The van der Waals surface area contributed by atoms with Gasteiger partial charge in [0, 0.05) is 6.54 Å². The van der Waals surface area contributed by atoms with E-state index >= 15 is 0 Å². The summed E-state index contributed by atoms with van der Waals surface area (Å²) in [6.45, 7) is 1.18. The second-order valence-electron chi connectivity index (χ2n) is 6.14. The van der Waals surface area contributed by atoms with Crippen LogP contribution in [-0.4, -0.2) is 21.5 Å². The summed E-state index contributed by atoms with van der Waals surface area (Å²) in [5.74, 6) is 0.761. The predicted molar refractivity (Wildman–Crippen MR) is 78.8 cm³/mol. The molecule has 0 saturated heterocycles. The van der Waals surface area contributed by atoms with Crippen LogP contribution < -0.4 is 10.5 Å². The Kier molecular flexibility index (Phi) is 3.60. The Hall–Kier alpha value is -0.910. The molecule has 0 aromatic heterocycles. The summed E-state index contributed by atoms with van der Waals surface area (Å²) in [5.41, 5.74) is 6.85. The van der Waals surface area contributed by atoms with Crippen molar-refractivity contribution in [3.63, 3.8) is 0 Å². The van der Waals surface area contributed by atoms with E-state index < -0.39 is 10.0 Å². The highest BCUT2D eigenvalue weighted by molar-refractivity contribution is 7.89. The minimum absolute atomic E-state index is 0.284. The zero-order chi connectivity index (χ0) is 14.2. The Bertz CT molecular complexity index is 572. The molecule has 0 atom stereocenters. The molecule has 0 unspecified atom stereocenters. The average Bonchev–Trinajstić information content (AvgIpc) is 3.29. The first-order chi connectivity index (χ1) is 9.56. The summed E-state index contributed by atoms with van der Waals surface area (Å²) in [7, 11) is -3.37. The van der Waals surface area contributed by atoms with Gasteiger partial charge in [0.1, 0.15) is 0 Å². The molecule has 3 rings (SSSR count). The lowest BCUT2D eigenvalue weighted by molar-refractivity contribution is 0.432. The van der Waals surface area contributed by atoms with E-state index in [0.717, 1.165) is 17.9 Å². The highest BCUT2D eigenvalue weighted by atomic mass is 32.2. The van der Waals surface area contributed by atoms with Crippen LogP contribution in [0.2, 0.25) is 0 Å². The van der Waals surface area contributed by atoms with Crippen LogP contribution in [0.3, 0.4) is 0 Å². The van der Waals surface area contributed by atoms with Crippen molar-refractivity contribution in [2.75, 3.05) is 13.1 Å². The Labute approximate surface area is 120 Å². The SMILES string of the molecule is NCCc1ccc(S(=O)(=O)NCC2(C3CC3)CC2)cc1. The molecule has 110 valence electrons. The third kappa shape index (κ3) is 2.90. The Balaban J connectivity index is 1.65. The fourth-order valence-electron chi connectivity index (χ4n) is 2.91. The van der Waals surface area contributed by atoms with Gasteiger partial charge in [0.05, 0.1) is 4.90 Å². The first-order valence-corrected chi connectivity index (χ1v) is 8.83. The van der Waals surface area contributed by atoms with Gasteiger partial charge in [-0.25, -0.2) is 13.1 Å². The smallest absolute Gasteiger partial charge is 0.240 e. The van der Waals surface area contributed by atoms with Crippen molar-refractivity contribution in [1.82, 2.24) is 4.72 Å². The van der Waals surface area contributed by atoms with Gasteiger partial charge in [0.25, 0.3) is 0 Å². The van der Waals surface area contributed by atoms with Crippen LogP contribution in [-0.2, 0) is 16.4 Å². The van der Waals surface area contributed by atoms with E-state index in [-0.39, 0.29) is 5.41 Å². The Morgan fingerprint density at radius 1 is 1.20 bits per heavy atom. The molecular formula is C15H22N2O2S. The molecule has 20 heavy (non-hydrogen) atoms. The zero-order valence-corrected chi connectivity index (χ0v) is 12.5. The average molecular weight is 294 g/mol. The van der Waals surface area contributed by atoms with Crippen molar-refractivity contribution in [2.24, 2.45) is 17.1 Å². The summed E-state index contributed by atoms with van der Waals surface area (Å²) in [5, 5.41) is 0. The number of nitrogens with two attached hydrogens (primary N) is 1. The molecule has 0 radical (unpaired) electrons.